The number of pyridine rings is 1. The van der Waals surface area contributed by atoms with Crippen LogP contribution in [0, 0.1) is 0 Å². The number of nitrogens with zero attached hydrogens (tertiary/aromatic N) is 2. The third-order valence-corrected chi connectivity index (χ3v) is 5.43. The summed E-state index contributed by atoms with van der Waals surface area (Å²) in [5.41, 5.74) is 1.30. The molecule has 0 bridgehead atoms. The Balaban J connectivity index is 2.12. The van der Waals surface area contributed by atoms with E-state index < -0.39 is 0 Å². The third-order valence-electron chi connectivity index (χ3n) is 2.39. The van der Waals surface area contributed by atoms with Gasteiger partial charge in [-0.3, -0.25) is 4.98 Å². The van der Waals surface area contributed by atoms with Gasteiger partial charge in [-0.2, -0.15) is 0 Å². The number of rotatable bonds is 1. The van der Waals surface area contributed by atoms with Crippen LogP contribution in [-0.4, -0.2) is 34.0 Å². The van der Waals surface area contributed by atoms with E-state index in [1.54, 1.807) is 0 Å². The summed E-state index contributed by atoms with van der Waals surface area (Å²) in [4.78, 5) is 6.85. The quantitative estimate of drug-likeness (QED) is 0.584. The Hall–Kier alpha value is -0.290. The van der Waals surface area contributed by atoms with Gasteiger partial charge in [0.25, 0.3) is 0 Å². The van der Waals surface area contributed by atoms with Crippen molar-refractivity contribution in [1.29, 1.82) is 0 Å². The monoisotopic (exact) mass is 302 g/mol. The Bertz CT molecular complexity index is 310. The summed E-state index contributed by atoms with van der Waals surface area (Å²) in [5, 5.41) is 0. The number of alkyl halides is 1. The van der Waals surface area contributed by atoms with Crippen molar-refractivity contribution in [1.82, 2.24) is 9.88 Å². The van der Waals surface area contributed by atoms with Crippen LogP contribution in [0.15, 0.2) is 24.4 Å². The van der Waals surface area contributed by atoms with Crippen LogP contribution < -0.4 is 0 Å². The van der Waals surface area contributed by atoms with Gasteiger partial charge in [0.2, 0.25) is 0 Å². The molecule has 14 heavy (non-hydrogen) atoms. The predicted octanol–water partition coefficient (Wildman–Crippen LogP) is 2.23. The highest BCUT2D eigenvalue weighted by Crippen LogP contribution is 2.31. The van der Waals surface area contributed by atoms with Gasteiger partial charge in [-0.25, -0.2) is 0 Å². The first-order chi connectivity index (χ1) is 6.86. The van der Waals surface area contributed by atoms with Crippen molar-refractivity contribution in [2.75, 3.05) is 20.1 Å². The first-order valence-corrected chi connectivity index (χ1v) is 7.38. The lowest BCUT2D eigenvalue weighted by Crippen LogP contribution is -2.20. The van der Waals surface area contributed by atoms with Gasteiger partial charge in [0.05, 0.1) is 5.69 Å². The lowest BCUT2D eigenvalue weighted by Gasteiger charge is -2.13. The molecule has 1 aromatic rings. The fourth-order valence-electron chi connectivity index (χ4n) is 1.53. The van der Waals surface area contributed by atoms with Gasteiger partial charge < -0.3 is 4.90 Å². The average molecular weight is 302 g/mol. The first-order valence-electron chi connectivity index (χ1n) is 4.89. The maximum Gasteiger partial charge on any atom is 0.0528 e. The third kappa shape index (κ3) is 2.60. The average Bonchev–Trinajstić information content (AvgIpc) is 2.44. The molecule has 1 unspecified atom stereocenters. The Kier molecular flexibility index (Phi) is 3.64. The second-order valence-corrected chi connectivity index (χ2v) is 6.66. The molecule has 0 saturated carbocycles. The Morgan fingerprint density at radius 2 is 2.43 bits per heavy atom. The fraction of sp³-hybridized carbons (Fsp3) is 0.455. The SMILES string of the molecule is CN1CC=IC(c2ccccn2)CC1. The van der Waals surface area contributed by atoms with Crippen molar-refractivity contribution in [3.63, 3.8) is 0 Å². The minimum Gasteiger partial charge on any atom is -0.302 e. The van der Waals surface area contributed by atoms with Gasteiger partial charge in [-0.1, -0.05) is 6.07 Å². The zero-order valence-corrected chi connectivity index (χ0v) is 10.5. The van der Waals surface area contributed by atoms with Gasteiger partial charge in [0.15, 0.2) is 0 Å². The van der Waals surface area contributed by atoms with Crippen molar-refractivity contribution in [2.45, 2.75) is 10.3 Å². The molecule has 0 amide bonds. The maximum atomic E-state index is 4.46. The highest BCUT2D eigenvalue weighted by molar-refractivity contribution is 14.2. The minimum atomic E-state index is 0.186. The highest BCUT2D eigenvalue weighted by Gasteiger charge is 2.13. The second kappa shape index (κ2) is 4.98. The number of hydrogen-bond donors (Lipinski definition) is 0. The number of hydrogen-bond acceptors (Lipinski definition) is 2. The molecule has 0 saturated heterocycles. The van der Waals surface area contributed by atoms with E-state index >= 15 is 0 Å². The molecule has 1 atom stereocenters. The molecule has 1 aromatic heterocycles. The van der Waals surface area contributed by atoms with Crippen molar-refractivity contribution in [3.8, 4) is 0 Å². The lowest BCUT2D eigenvalue weighted by atomic mass is 10.2. The maximum absolute atomic E-state index is 4.46. The van der Waals surface area contributed by atoms with Crippen molar-refractivity contribution in [2.24, 2.45) is 0 Å². The van der Waals surface area contributed by atoms with E-state index in [1.807, 2.05) is 12.3 Å². The molecule has 0 fully saturated rings. The van der Waals surface area contributed by atoms with Crippen molar-refractivity contribution in [3.05, 3.63) is 30.1 Å². The molecule has 2 nitrogen and oxygen atoms in total. The van der Waals surface area contributed by atoms with Crippen molar-refractivity contribution >= 4 is 24.7 Å². The normalized spacial score (nSPS) is 23.9. The molecule has 0 aromatic carbocycles. The Morgan fingerprint density at radius 1 is 1.50 bits per heavy atom. The Morgan fingerprint density at radius 3 is 3.21 bits per heavy atom. The van der Waals surface area contributed by atoms with Crippen LogP contribution in [0.5, 0.6) is 0 Å². The summed E-state index contributed by atoms with van der Waals surface area (Å²) < 4.78 is 3.21. The summed E-state index contributed by atoms with van der Waals surface area (Å²) in [7, 11) is 2.20. The summed E-state index contributed by atoms with van der Waals surface area (Å²) in [5.74, 6) is 0. The van der Waals surface area contributed by atoms with Crippen LogP contribution in [-0.2, 0) is 0 Å². The van der Waals surface area contributed by atoms with E-state index in [4.69, 9.17) is 0 Å². The standard InChI is InChI=1S/C11H15IN2/c1-14-8-5-10(12-6-9-14)11-4-2-3-7-13-11/h2-4,6-7,10H,5,8-9H2,1H3. The molecule has 1 aliphatic rings. The second-order valence-electron chi connectivity index (χ2n) is 3.55. The van der Waals surface area contributed by atoms with Crippen LogP contribution in [0.1, 0.15) is 16.0 Å². The lowest BCUT2D eigenvalue weighted by molar-refractivity contribution is 0.379. The van der Waals surface area contributed by atoms with E-state index in [1.165, 1.54) is 18.7 Å². The van der Waals surface area contributed by atoms with Crippen LogP contribution in [0.25, 0.3) is 0 Å². The zero-order valence-electron chi connectivity index (χ0n) is 8.36. The minimum absolute atomic E-state index is 0.186. The molecule has 3 heteroatoms. The highest BCUT2D eigenvalue weighted by atomic mass is 127. The number of halogens is 1. The van der Waals surface area contributed by atoms with Gasteiger partial charge in [0, 0.05) is 16.7 Å². The van der Waals surface area contributed by atoms with Gasteiger partial charge in [-0.15, -0.1) is 20.7 Å². The molecule has 0 spiro atoms. The van der Waals surface area contributed by atoms with Gasteiger partial charge in [0.1, 0.15) is 0 Å². The summed E-state index contributed by atoms with van der Waals surface area (Å²) >= 11 is 0.186. The molecule has 0 radical (unpaired) electrons. The van der Waals surface area contributed by atoms with Crippen LogP contribution in [0.4, 0.5) is 0 Å². The molecule has 0 N–H and O–H groups in total. The van der Waals surface area contributed by atoms with E-state index in [0.29, 0.717) is 0 Å². The van der Waals surface area contributed by atoms with Crippen LogP contribution in [0.2, 0.25) is 0 Å². The zero-order chi connectivity index (χ0) is 9.80. The smallest absolute Gasteiger partial charge is 0.0528 e. The van der Waals surface area contributed by atoms with Gasteiger partial charge in [-0.05, 0) is 36.2 Å². The molecule has 2 heterocycles. The van der Waals surface area contributed by atoms with Crippen LogP contribution in [0.3, 0.4) is 0 Å². The molecular weight excluding hydrogens is 287 g/mol. The molecule has 2 rings (SSSR count). The van der Waals surface area contributed by atoms with Gasteiger partial charge >= 0.3 is 0 Å². The van der Waals surface area contributed by atoms with E-state index in [0.717, 1.165) is 10.5 Å². The summed E-state index contributed by atoms with van der Waals surface area (Å²) in [6.45, 7) is 2.37. The van der Waals surface area contributed by atoms with E-state index in [2.05, 4.69) is 33.1 Å². The molecule has 0 aliphatic carbocycles. The Labute approximate surface area is 95.1 Å². The molecular formula is C11H15IN2. The molecule has 76 valence electrons. The summed E-state index contributed by atoms with van der Waals surface area (Å²) in [6.07, 6.45) is 3.19. The predicted molar refractivity (Wildman–Crippen MR) is 69.2 cm³/mol. The van der Waals surface area contributed by atoms with E-state index in [9.17, 15) is 0 Å². The topological polar surface area (TPSA) is 16.1 Å². The first kappa shape index (κ1) is 10.2. The number of aromatic nitrogens is 1. The molecule has 1 aliphatic heterocycles. The summed E-state index contributed by atoms with van der Waals surface area (Å²) in [6, 6.07) is 6.26. The van der Waals surface area contributed by atoms with Crippen molar-refractivity contribution < 1.29 is 0 Å². The van der Waals surface area contributed by atoms with Crippen LogP contribution >= 0.6 is 20.7 Å². The fourth-order valence-corrected chi connectivity index (χ4v) is 4.42. The van der Waals surface area contributed by atoms with E-state index in [-0.39, 0.29) is 20.7 Å². The largest absolute Gasteiger partial charge is 0.302 e.